The molecule has 0 spiro atoms. The van der Waals surface area contributed by atoms with Crippen molar-refractivity contribution in [2.24, 2.45) is 11.8 Å². The lowest BCUT2D eigenvalue weighted by molar-refractivity contribution is 0.0121. The van der Waals surface area contributed by atoms with E-state index in [0.717, 1.165) is 23.7 Å². The number of nitrogens with zero attached hydrogens (tertiary/aromatic N) is 2. The van der Waals surface area contributed by atoms with Crippen molar-refractivity contribution in [3.05, 3.63) is 84.6 Å². The maximum atomic E-state index is 5.54. The van der Waals surface area contributed by atoms with Gasteiger partial charge in [0.05, 0.1) is 12.6 Å². The quantitative estimate of drug-likeness (QED) is 0.560. The molecule has 4 heterocycles. The summed E-state index contributed by atoms with van der Waals surface area (Å²) in [7, 11) is 1.73. The number of ether oxygens (including phenoxy) is 1. The molecule has 0 N–H and O–H groups in total. The van der Waals surface area contributed by atoms with Crippen LogP contribution in [0.1, 0.15) is 29.9 Å². The fourth-order valence-electron chi connectivity index (χ4n) is 5.54. The summed E-state index contributed by atoms with van der Waals surface area (Å²) in [5.74, 6) is 2.58. The molecule has 3 aliphatic rings. The van der Waals surface area contributed by atoms with Gasteiger partial charge in [-0.2, -0.15) is 0 Å². The van der Waals surface area contributed by atoms with Crippen molar-refractivity contribution in [1.29, 1.82) is 0 Å². The topological polar surface area (TPSA) is 25.4 Å². The first-order valence-corrected chi connectivity index (χ1v) is 10.6. The lowest BCUT2D eigenvalue weighted by Gasteiger charge is -2.52. The van der Waals surface area contributed by atoms with Crippen LogP contribution in [0.4, 0.5) is 0 Å². The van der Waals surface area contributed by atoms with Crippen molar-refractivity contribution in [2.45, 2.75) is 24.8 Å². The summed E-state index contributed by atoms with van der Waals surface area (Å²) >= 11 is 0. The monoisotopic (exact) mass is 384 g/mol. The zero-order valence-corrected chi connectivity index (χ0v) is 17.0. The minimum Gasteiger partial charge on any atom is -0.497 e. The van der Waals surface area contributed by atoms with Crippen LogP contribution >= 0.6 is 0 Å². The molecule has 0 amide bonds. The Labute approximate surface area is 173 Å². The van der Waals surface area contributed by atoms with Gasteiger partial charge in [0.2, 0.25) is 0 Å². The van der Waals surface area contributed by atoms with Gasteiger partial charge >= 0.3 is 0 Å². The Bertz CT molecular complexity index is 1020. The van der Waals surface area contributed by atoms with Crippen molar-refractivity contribution in [3.8, 4) is 5.75 Å². The van der Waals surface area contributed by atoms with Crippen LogP contribution in [-0.4, -0.2) is 36.1 Å². The fourth-order valence-corrected chi connectivity index (χ4v) is 5.54. The number of fused-ring (bicyclic) bond motifs is 4. The van der Waals surface area contributed by atoms with Crippen molar-refractivity contribution in [3.63, 3.8) is 0 Å². The standard InChI is InChI=1S/C26H28N2O/c1-3-18-17-28-14-12-20(18)15-25(28)26(19-7-5-4-6-8-19)22-11-13-27-24-10-9-21(29-2)16-23(22)24/h3-11,13,16,18,20,25-26H,1,12,14-15,17H2,2H3/t18-,20-,25+,26-/m0/s1. The molecule has 0 radical (unpaired) electrons. The van der Waals surface area contributed by atoms with E-state index in [1.165, 1.54) is 35.9 Å². The van der Waals surface area contributed by atoms with Crippen LogP contribution < -0.4 is 4.74 Å². The molecule has 3 nitrogen and oxygen atoms in total. The first-order valence-electron chi connectivity index (χ1n) is 10.6. The van der Waals surface area contributed by atoms with Gasteiger partial charge in [0.1, 0.15) is 5.75 Å². The first kappa shape index (κ1) is 18.4. The van der Waals surface area contributed by atoms with Crippen LogP contribution in [0.15, 0.2) is 73.4 Å². The average molecular weight is 385 g/mol. The van der Waals surface area contributed by atoms with E-state index >= 15 is 0 Å². The zero-order valence-electron chi connectivity index (χ0n) is 17.0. The number of aromatic nitrogens is 1. The third kappa shape index (κ3) is 3.24. The van der Waals surface area contributed by atoms with E-state index in [1.54, 1.807) is 7.11 Å². The molecule has 3 aliphatic heterocycles. The molecule has 1 aromatic heterocycles. The van der Waals surface area contributed by atoms with Gasteiger partial charge < -0.3 is 4.74 Å². The Morgan fingerprint density at radius 2 is 2.03 bits per heavy atom. The summed E-state index contributed by atoms with van der Waals surface area (Å²) in [6.45, 7) is 6.42. The van der Waals surface area contributed by atoms with Crippen LogP contribution in [0.25, 0.3) is 10.9 Å². The molecular formula is C26H28N2O. The maximum absolute atomic E-state index is 5.54. The molecule has 3 aromatic rings. The summed E-state index contributed by atoms with van der Waals surface area (Å²) in [6, 6.07) is 19.9. The summed E-state index contributed by atoms with van der Waals surface area (Å²) in [5.41, 5.74) is 3.77. The zero-order chi connectivity index (χ0) is 19.8. The SMILES string of the molecule is C=C[C@H]1CN2CC[C@H]1C[C@@H]2[C@@H](c1ccccc1)c1ccnc2ccc(OC)cc12. The Morgan fingerprint density at radius 3 is 2.76 bits per heavy atom. The molecule has 2 aromatic carbocycles. The number of hydrogen-bond acceptors (Lipinski definition) is 3. The van der Waals surface area contributed by atoms with Crippen LogP contribution in [0, 0.1) is 11.8 Å². The van der Waals surface area contributed by atoms with Crippen LogP contribution in [-0.2, 0) is 0 Å². The van der Waals surface area contributed by atoms with Crippen LogP contribution in [0.2, 0.25) is 0 Å². The molecule has 3 saturated heterocycles. The average Bonchev–Trinajstić information content (AvgIpc) is 2.80. The highest BCUT2D eigenvalue weighted by Gasteiger charge is 2.43. The van der Waals surface area contributed by atoms with E-state index in [-0.39, 0.29) is 0 Å². The van der Waals surface area contributed by atoms with Crippen molar-refractivity contribution in [2.75, 3.05) is 20.2 Å². The second kappa shape index (κ2) is 7.64. The van der Waals surface area contributed by atoms with Gasteiger partial charge in [0.25, 0.3) is 0 Å². The number of hydrogen-bond donors (Lipinski definition) is 0. The molecule has 2 bridgehead atoms. The second-order valence-electron chi connectivity index (χ2n) is 8.42. The predicted octanol–water partition coefficient (Wildman–Crippen LogP) is 5.27. The number of piperidine rings is 3. The van der Waals surface area contributed by atoms with Gasteiger partial charge in [-0.15, -0.1) is 6.58 Å². The predicted molar refractivity (Wildman–Crippen MR) is 118 cm³/mol. The van der Waals surface area contributed by atoms with Gasteiger partial charge in [-0.1, -0.05) is 36.4 Å². The second-order valence-corrected chi connectivity index (χ2v) is 8.42. The maximum Gasteiger partial charge on any atom is 0.119 e. The largest absolute Gasteiger partial charge is 0.497 e. The minimum absolute atomic E-state index is 0.322. The van der Waals surface area contributed by atoms with E-state index in [2.05, 4.69) is 71.1 Å². The fraction of sp³-hybridized carbons (Fsp3) is 0.346. The van der Waals surface area contributed by atoms with Gasteiger partial charge in [-0.25, -0.2) is 0 Å². The molecule has 3 heteroatoms. The van der Waals surface area contributed by atoms with Gasteiger partial charge in [0.15, 0.2) is 0 Å². The first-order chi connectivity index (χ1) is 14.3. The molecule has 29 heavy (non-hydrogen) atoms. The molecule has 1 unspecified atom stereocenters. The van der Waals surface area contributed by atoms with Gasteiger partial charge in [-0.05, 0) is 66.6 Å². The number of benzene rings is 2. The van der Waals surface area contributed by atoms with Crippen LogP contribution in [0.5, 0.6) is 5.75 Å². The van der Waals surface area contributed by atoms with E-state index in [9.17, 15) is 0 Å². The normalized spacial score (nSPS) is 26.9. The van der Waals surface area contributed by atoms with Crippen LogP contribution in [0.3, 0.4) is 0 Å². The molecule has 148 valence electrons. The highest BCUT2D eigenvalue weighted by Crippen LogP contribution is 2.45. The molecular weight excluding hydrogens is 356 g/mol. The van der Waals surface area contributed by atoms with Crippen molar-refractivity contribution < 1.29 is 4.74 Å². The van der Waals surface area contributed by atoms with E-state index < -0.39 is 0 Å². The molecule has 5 atom stereocenters. The van der Waals surface area contributed by atoms with Gasteiger partial charge in [-0.3, -0.25) is 9.88 Å². The number of methoxy groups -OCH3 is 1. The van der Waals surface area contributed by atoms with Crippen molar-refractivity contribution in [1.82, 2.24) is 9.88 Å². The number of rotatable bonds is 5. The summed E-state index contributed by atoms with van der Waals surface area (Å²) in [4.78, 5) is 7.33. The summed E-state index contributed by atoms with van der Waals surface area (Å²) < 4.78 is 5.54. The van der Waals surface area contributed by atoms with E-state index in [4.69, 9.17) is 4.74 Å². The lowest BCUT2D eigenvalue weighted by Crippen LogP contribution is -2.55. The molecule has 3 fully saturated rings. The Hall–Kier alpha value is -2.65. The molecule has 0 aliphatic carbocycles. The smallest absolute Gasteiger partial charge is 0.119 e. The minimum atomic E-state index is 0.322. The Morgan fingerprint density at radius 1 is 1.17 bits per heavy atom. The summed E-state index contributed by atoms with van der Waals surface area (Å²) in [6.07, 6.45) is 6.66. The molecule has 6 rings (SSSR count). The lowest BCUT2D eigenvalue weighted by atomic mass is 9.69. The Kier molecular flexibility index (Phi) is 4.84. The third-order valence-corrected chi connectivity index (χ3v) is 7.01. The Balaban J connectivity index is 1.65. The highest BCUT2D eigenvalue weighted by atomic mass is 16.5. The van der Waals surface area contributed by atoms with E-state index in [0.29, 0.717) is 17.9 Å². The number of pyridine rings is 1. The summed E-state index contributed by atoms with van der Waals surface area (Å²) in [5, 5.41) is 1.20. The van der Waals surface area contributed by atoms with Crippen molar-refractivity contribution >= 4 is 10.9 Å². The van der Waals surface area contributed by atoms with E-state index in [1.807, 2.05) is 12.3 Å². The third-order valence-electron chi connectivity index (χ3n) is 7.01. The molecule has 0 saturated carbocycles. The van der Waals surface area contributed by atoms with Gasteiger partial charge in [0, 0.05) is 30.1 Å². The highest BCUT2D eigenvalue weighted by molar-refractivity contribution is 5.84.